The molecule has 1 fully saturated rings. The van der Waals surface area contributed by atoms with Crippen LogP contribution in [-0.2, 0) is 4.79 Å². The second-order valence-electron chi connectivity index (χ2n) is 4.64. The monoisotopic (exact) mass is 286 g/mol. The van der Waals surface area contributed by atoms with Crippen LogP contribution < -0.4 is 11.1 Å². The van der Waals surface area contributed by atoms with Gasteiger partial charge in [-0.15, -0.1) is 0 Å². The fourth-order valence-corrected chi connectivity index (χ4v) is 2.81. The van der Waals surface area contributed by atoms with Crippen molar-refractivity contribution in [2.45, 2.75) is 31.7 Å². The molecule has 98 valence electrons. The Bertz CT molecular complexity index is 430. The van der Waals surface area contributed by atoms with Gasteiger partial charge in [0.25, 0.3) is 0 Å². The van der Waals surface area contributed by atoms with Gasteiger partial charge in [-0.25, -0.2) is 0 Å². The number of carbonyl (C=O) groups excluding carboxylic acids is 1. The lowest BCUT2D eigenvalue weighted by atomic mass is 9.84. The van der Waals surface area contributed by atoms with E-state index in [9.17, 15) is 4.79 Å². The zero-order chi connectivity index (χ0) is 13.1. The number of para-hydroxylation sites is 1. The minimum Gasteiger partial charge on any atom is -0.327 e. The van der Waals surface area contributed by atoms with E-state index >= 15 is 0 Å². The van der Waals surface area contributed by atoms with Gasteiger partial charge < -0.3 is 11.1 Å². The molecule has 3 N–H and O–H groups in total. The van der Waals surface area contributed by atoms with Crippen LogP contribution in [0.25, 0.3) is 0 Å². The predicted octanol–water partition coefficient (Wildman–Crippen LogP) is 3.45. The van der Waals surface area contributed by atoms with E-state index in [4.69, 9.17) is 28.9 Å². The van der Waals surface area contributed by atoms with Gasteiger partial charge in [0.15, 0.2) is 0 Å². The standard InChI is InChI=1S/C13H16Cl2N2O/c14-9-5-3-6-10(15)12(9)17-13(18)8-4-1-2-7-11(8)16/h3,5-6,8,11H,1-2,4,7,16H2,(H,17,18). The summed E-state index contributed by atoms with van der Waals surface area (Å²) in [6.07, 6.45) is 3.86. The maximum absolute atomic E-state index is 12.2. The van der Waals surface area contributed by atoms with E-state index in [1.54, 1.807) is 18.2 Å². The third-order valence-electron chi connectivity index (χ3n) is 3.37. The Morgan fingerprint density at radius 3 is 2.44 bits per heavy atom. The first-order valence-corrected chi connectivity index (χ1v) is 6.85. The minimum absolute atomic E-state index is 0.0694. The summed E-state index contributed by atoms with van der Waals surface area (Å²) in [6, 6.07) is 5.07. The summed E-state index contributed by atoms with van der Waals surface area (Å²) < 4.78 is 0. The van der Waals surface area contributed by atoms with Gasteiger partial charge in [-0.2, -0.15) is 0 Å². The molecule has 2 rings (SSSR count). The third-order valence-corrected chi connectivity index (χ3v) is 4.00. The van der Waals surface area contributed by atoms with Crippen molar-refractivity contribution in [3.05, 3.63) is 28.2 Å². The van der Waals surface area contributed by atoms with Crippen LogP contribution in [0.5, 0.6) is 0 Å². The lowest BCUT2D eigenvalue weighted by molar-refractivity contribution is -0.121. The van der Waals surface area contributed by atoms with Crippen molar-refractivity contribution in [2.75, 3.05) is 5.32 Å². The van der Waals surface area contributed by atoms with E-state index in [0.717, 1.165) is 25.7 Å². The number of rotatable bonds is 2. The number of halogens is 2. The molecule has 3 nitrogen and oxygen atoms in total. The molecule has 1 aliphatic rings. The number of benzene rings is 1. The maximum atomic E-state index is 12.2. The zero-order valence-electron chi connectivity index (χ0n) is 9.96. The van der Waals surface area contributed by atoms with E-state index in [0.29, 0.717) is 15.7 Å². The molecule has 0 bridgehead atoms. The molecule has 0 aliphatic heterocycles. The Kier molecular flexibility index (Phi) is 4.49. The fourth-order valence-electron chi connectivity index (χ4n) is 2.32. The average Bonchev–Trinajstić information content (AvgIpc) is 2.34. The number of nitrogens with two attached hydrogens (primary N) is 1. The lowest BCUT2D eigenvalue weighted by Gasteiger charge is -2.27. The van der Waals surface area contributed by atoms with Gasteiger partial charge in [0.1, 0.15) is 0 Å². The molecular weight excluding hydrogens is 271 g/mol. The molecule has 0 aromatic heterocycles. The number of nitrogens with one attached hydrogen (secondary N) is 1. The quantitative estimate of drug-likeness (QED) is 0.875. The molecule has 1 aromatic rings. The normalized spacial score (nSPS) is 23.7. The number of amides is 1. The van der Waals surface area contributed by atoms with Crippen LogP contribution in [0.1, 0.15) is 25.7 Å². The zero-order valence-corrected chi connectivity index (χ0v) is 11.5. The summed E-state index contributed by atoms with van der Waals surface area (Å²) >= 11 is 12.0. The Labute approximate surface area is 117 Å². The van der Waals surface area contributed by atoms with Gasteiger partial charge in [0, 0.05) is 6.04 Å². The summed E-state index contributed by atoms with van der Waals surface area (Å²) in [5.74, 6) is -0.233. The van der Waals surface area contributed by atoms with Crippen molar-refractivity contribution in [3.8, 4) is 0 Å². The van der Waals surface area contributed by atoms with Crippen molar-refractivity contribution >= 4 is 34.8 Å². The molecule has 0 saturated heterocycles. The van der Waals surface area contributed by atoms with Crippen molar-refractivity contribution in [1.82, 2.24) is 0 Å². The molecule has 2 unspecified atom stereocenters. The van der Waals surface area contributed by atoms with Crippen molar-refractivity contribution < 1.29 is 4.79 Å². The number of anilines is 1. The molecule has 18 heavy (non-hydrogen) atoms. The molecule has 2 atom stereocenters. The first-order chi connectivity index (χ1) is 8.59. The van der Waals surface area contributed by atoms with Gasteiger partial charge in [-0.3, -0.25) is 4.79 Å². The van der Waals surface area contributed by atoms with E-state index in [2.05, 4.69) is 5.32 Å². The molecule has 1 saturated carbocycles. The van der Waals surface area contributed by atoms with Gasteiger partial charge in [0.2, 0.25) is 5.91 Å². The largest absolute Gasteiger partial charge is 0.327 e. The minimum atomic E-state index is -0.147. The Morgan fingerprint density at radius 1 is 1.22 bits per heavy atom. The molecule has 1 aliphatic carbocycles. The van der Waals surface area contributed by atoms with E-state index in [1.807, 2.05) is 0 Å². The Morgan fingerprint density at radius 2 is 1.83 bits per heavy atom. The van der Waals surface area contributed by atoms with Crippen LogP contribution >= 0.6 is 23.2 Å². The van der Waals surface area contributed by atoms with Crippen LogP contribution in [-0.4, -0.2) is 11.9 Å². The highest BCUT2D eigenvalue weighted by atomic mass is 35.5. The van der Waals surface area contributed by atoms with Gasteiger partial charge in [0.05, 0.1) is 21.7 Å². The smallest absolute Gasteiger partial charge is 0.229 e. The van der Waals surface area contributed by atoms with Gasteiger partial charge in [-0.05, 0) is 25.0 Å². The summed E-state index contributed by atoms with van der Waals surface area (Å²) in [4.78, 5) is 12.2. The number of carbonyl (C=O) groups is 1. The van der Waals surface area contributed by atoms with E-state index in [1.165, 1.54) is 0 Å². The van der Waals surface area contributed by atoms with Crippen molar-refractivity contribution in [3.63, 3.8) is 0 Å². The second-order valence-corrected chi connectivity index (χ2v) is 5.46. The molecule has 0 heterocycles. The highest BCUT2D eigenvalue weighted by molar-refractivity contribution is 6.39. The van der Waals surface area contributed by atoms with Crippen LogP contribution in [0, 0.1) is 5.92 Å². The molecule has 1 amide bonds. The number of hydrogen-bond acceptors (Lipinski definition) is 2. The highest BCUT2D eigenvalue weighted by Crippen LogP contribution is 2.31. The average molecular weight is 287 g/mol. The van der Waals surface area contributed by atoms with Crippen molar-refractivity contribution in [1.29, 1.82) is 0 Å². The van der Waals surface area contributed by atoms with Crippen LogP contribution in [0.2, 0.25) is 10.0 Å². The SMILES string of the molecule is NC1CCCCC1C(=O)Nc1c(Cl)cccc1Cl. The van der Waals surface area contributed by atoms with Gasteiger partial charge >= 0.3 is 0 Å². The van der Waals surface area contributed by atoms with Crippen molar-refractivity contribution in [2.24, 2.45) is 11.7 Å². The van der Waals surface area contributed by atoms with Crippen LogP contribution in [0.15, 0.2) is 18.2 Å². The molecule has 5 heteroatoms. The Hall–Kier alpha value is -0.770. The van der Waals surface area contributed by atoms with Crippen LogP contribution in [0.4, 0.5) is 5.69 Å². The first-order valence-electron chi connectivity index (χ1n) is 6.10. The van der Waals surface area contributed by atoms with E-state index < -0.39 is 0 Å². The summed E-state index contributed by atoms with van der Waals surface area (Å²) in [7, 11) is 0. The third kappa shape index (κ3) is 2.97. The van der Waals surface area contributed by atoms with E-state index in [-0.39, 0.29) is 17.9 Å². The van der Waals surface area contributed by atoms with Gasteiger partial charge in [-0.1, -0.05) is 42.1 Å². The predicted molar refractivity (Wildman–Crippen MR) is 75.0 cm³/mol. The summed E-state index contributed by atoms with van der Waals surface area (Å²) in [6.45, 7) is 0. The highest BCUT2D eigenvalue weighted by Gasteiger charge is 2.28. The fraction of sp³-hybridized carbons (Fsp3) is 0.462. The molecule has 1 aromatic carbocycles. The molecule has 0 spiro atoms. The topological polar surface area (TPSA) is 55.1 Å². The Balaban J connectivity index is 2.11. The summed E-state index contributed by atoms with van der Waals surface area (Å²) in [5.41, 5.74) is 6.46. The lowest BCUT2D eigenvalue weighted by Crippen LogP contribution is -2.40. The number of hydrogen-bond donors (Lipinski definition) is 2. The van der Waals surface area contributed by atoms with Crippen LogP contribution in [0.3, 0.4) is 0 Å². The molecular formula is C13H16Cl2N2O. The maximum Gasteiger partial charge on any atom is 0.229 e. The molecule has 0 radical (unpaired) electrons. The first kappa shape index (κ1) is 13.7. The second kappa shape index (κ2) is 5.91. The summed E-state index contributed by atoms with van der Waals surface area (Å²) in [5, 5.41) is 3.69.